The molecule has 0 fully saturated rings. The smallest absolute Gasteiger partial charge is 0.00460 e. The lowest BCUT2D eigenvalue weighted by Crippen LogP contribution is -1.85. The van der Waals surface area contributed by atoms with Gasteiger partial charge in [0.15, 0.2) is 0 Å². The minimum absolute atomic E-state index is 1.05. The number of unbranched alkanes of at least 4 members (excludes halogenated alkanes) is 1. The van der Waals surface area contributed by atoms with Gasteiger partial charge in [0.25, 0.3) is 0 Å². The van der Waals surface area contributed by atoms with Crippen LogP contribution in [0.15, 0.2) is 35.2 Å². The molecule has 0 saturated carbocycles. The quantitative estimate of drug-likeness (QED) is 0.666. The van der Waals surface area contributed by atoms with Crippen molar-refractivity contribution in [2.24, 2.45) is 0 Å². The molecule has 1 heteroatoms. The molecule has 1 rings (SSSR count). The highest BCUT2D eigenvalue weighted by Gasteiger charge is 2.00. The largest absolute Gasteiger partial charge is 0.143 e. The lowest BCUT2D eigenvalue weighted by atomic mass is 10.00. The molecule has 15 heavy (non-hydrogen) atoms. The van der Waals surface area contributed by atoms with E-state index in [1.807, 2.05) is 6.07 Å². The highest BCUT2D eigenvalue weighted by molar-refractivity contribution is 7.80. The zero-order chi connectivity index (χ0) is 11.1. The summed E-state index contributed by atoms with van der Waals surface area (Å²) in [5.41, 5.74) is 2.80. The minimum atomic E-state index is 1.05. The Morgan fingerprint density at radius 1 is 1.27 bits per heavy atom. The number of rotatable bonds is 5. The second-order valence-electron chi connectivity index (χ2n) is 3.82. The lowest BCUT2D eigenvalue weighted by Gasteiger charge is -2.07. The number of allylic oxidation sites excluding steroid dienone is 2. The van der Waals surface area contributed by atoms with Gasteiger partial charge in [-0.25, -0.2) is 0 Å². The van der Waals surface area contributed by atoms with Crippen LogP contribution in [0.25, 0.3) is 5.57 Å². The Morgan fingerprint density at radius 3 is 2.67 bits per heavy atom. The van der Waals surface area contributed by atoms with Gasteiger partial charge in [-0.15, -0.1) is 12.6 Å². The summed E-state index contributed by atoms with van der Waals surface area (Å²) in [5, 5.41) is 0. The van der Waals surface area contributed by atoms with E-state index in [0.717, 1.165) is 11.3 Å². The van der Waals surface area contributed by atoms with Crippen molar-refractivity contribution in [3.63, 3.8) is 0 Å². The lowest BCUT2D eigenvalue weighted by molar-refractivity contribution is 0.932. The van der Waals surface area contributed by atoms with Gasteiger partial charge in [0.05, 0.1) is 0 Å². The summed E-state index contributed by atoms with van der Waals surface area (Å²) in [7, 11) is 0. The summed E-state index contributed by atoms with van der Waals surface area (Å²) in [6.07, 6.45) is 7.12. The Kier molecular flexibility index (Phi) is 5.56. The third-order valence-corrected chi connectivity index (χ3v) is 2.69. The van der Waals surface area contributed by atoms with Crippen molar-refractivity contribution in [2.75, 3.05) is 0 Å². The average molecular weight is 220 g/mol. The van der Waals surface area contributed by atoms with Gasteiger partial charge in [0, 0.05) is 4.90 Å². The van der Waals surface area contributed by atoms with Crippen molar-refractivity contribution in [3.8, 4) is 0 Å². The molecule has 0 aromatic heterocycles. The molecule has 0 radical (unpaired) electrons. The molecule has 0 amide bonds. The number of hydrogen-bond donors (Lipinski definition) is 1. The zero-order valence-electron chi connectivity index (χ0n) is 9.66. The van der Waals surface area contributed by atoms with Crippen LogP contribution < -0.4 is 0 Å². The molecule has 1 aromatic rings. The summed E-state index contributed by atoms with van der Waals surface area (Å²) < 4.78 is 0. The molecule has 0 aliphatic rings. The van der Waals surface area contributed by atoms with E-state index in [0.29, 0.717) is 0 Å². The maximum absolute atomic E-state index is 4.38. The summed E-state index contributed by atoms with van der Waals surface area (Å²) in [6, 6.07) is 8.43. The van der Waals surface area contributed by atoms with Crippen LogP contribution in [0.2, 0.25) is 0 Å². The van der Waals surface area contributed by atoms with Crippen molar-refractivity contribution in [1.82, 2.24) is 0 Å². The second-order valence-corrected chi connectivity index (χ2v) is 4.33. The third kappa shape index (κ3) is 4.13. The molecule has 0 bridgehead atoms. The van der Waals surface area contributed by atoms with E-state index >= 15 is 0 Å². The van der Waals surface area contributed by atoms with Crippen LogP contribution in [0.1, 0.15) is 45.1 Å². The molecule has 0 heterocycles. The maximum atomic E-state index is 4.38. The maximum Gasteiger partial charge on any atom is 0.00460 e. The monoisotopic (exact) mass is 220 g/mol. The summed E-state index contributed by atoms with van der Waals surface area (Å²) in [5.74, 6) is 0. The van der Waals surface area contributed by atoms with Crippen LogP contribution in [-0.4, -0.2) is 0 Å². The van der Waals surface area contributed by atoms with E-state index in [1.54, 1.807) is 0 Å². The first-order chi connectivity index (χ1) is 7.27. The normalized spacial score (nSPS) is 11.8. The van der Waals surface area contributed by atoms with Gasteiger partial charge >= 0.3 is 0 Å². The van der Waals surface area contributed by atoms with Gasteiger partial charge in [-0.1, -0.05) is 44.9 Å². The predicted molar refractivity (Wildman–Crippen MR) is 71.5 cm³/mol. The molecule has 0 saturated heterocycles. The molecule has 0 nitrogen and oxygen atoms in total. The first-order valence-electron chi connectivity index (χ1n) is 5.76. The standard InChI is InChI=1S/C14H20S/c1-3-5-8-12(7-4-2)13-9-6-10-14(15)11-13/h6,8-11,15H,3-5,7H2,1-2H3/b12-8-. The Morgan fingerprint density at radius 2 is 2.07 bits per heavy atom. The first kappa shape index (κ1) is 12.4. The summed E-state index contributed by atoms with van der Waals surface area (Å²) in [6.45, 7) is 4.44. The predicted octanol–water partition coefficient (Wildman–Crippen LogP) is 4.96. The van der Waals surface area contributed by atoms with E-state index < -0.39 is 0 Å². The third-order valence-electron chi connectivity index (χ3n) is 2.42. The van der Waals surface area contributed by atoms with Crippen LogP contribution in [-0.2, 0) is 0 Å². The van der Waals surface area contributed by atoms with E-state index in [9.17, 15) is 0 Å². The van der Waals surface area contributed by atoms with Gasteiger partial charge in [-0.3, -0.25) is 0 Å². The van der Waals surface area contributed by atoms with Gasteiger partial charge < -0.3 is 0 Å². The van der Waals surface area contributed by atoms with E-state index in [2.05, 4.69) is 50.8 Å². The molecule has 82 valence electrons. The highest BCUT2D eigenvalue weighted by Crippen LogP contribution is 2.22. The van der Waals surface area contributed by atoms with Gasteiger partial charge in [0.2, 0.25) is 0 Å². The van der Waals surface area contributed by atoms with Crippen molar-refractivity contribution < 1.29 is 0 Å². The van der Waals surface area contributed by atoms with Crippen LogP contribution in [0.3, 0.4) is 0 Å². The molecule has 0 N–H and O–H groups in total. The van der Waals surface area contributed by atoms with Gasteiger partial charge in [0.1, 0.15) is 0 Å². The molecule has 0 unspecified atom stereocenters. The van der Waals surface area contributed by atoms with Crippen LogP contribution in [0, 0.1) is 0 Å². The summed E-state index contributed by atoms with van der Waals surface area (Å²) >= 11 is 4.38. The van der Waals surface area contributed by atoms with Crippen molar-refractivity contribution in [1.29, 1.82) is 0 Å². The first-order valence-corrected chi connectivity index (χ1v) is 6.21. The van der Waals surface area contributed by atoms with E-state index in [4.69, 9.17) is 0 Å². The zero-order valence-corrected chi connectivity index (χ0v) is 10.6. The van der Waals surface area contributed by atoms with E-state index in [1.165, 1.54) is 30.4 Å². The molecular formula is C14H20S. The average Bonchev–Trinajstić information content (AvgIpc) is 2.24. The van der Waals surface area contributed by atoms with Crippen LogP contribution in [0.5, 0.6) is 0 Å². The number of thiol groups is 1. The van der Waals surface area contributed by atoms with Crippen molar-refractivity contribution in [2.45, 2.75) is 44.4 Å². The fourth-order valence-electron chi connectivity index (χ4n) is 1.66. The number of hydrogen-bond acceptors (Lipinski definition) is 1. The fourth-order valence-corrected chi connectivity index (χ4v) is 1.88. The van der Waals surface area contributed by atoms with Crippen LogP contribution >= 0.6 is 12.6 Å². The highest BCUT2D eigenvalue weighted by atomic mass is 32.1. The number of benzene rings is 1. The Balaban J connectivity index is 2.88. The molecule has 1 aromatic carbocycles. The topological polar surface area (TPSA) is 0 Å². The van der Waals surface area contributed by atoms with E-state index in [-0.39, 0.29) is 0 Å². The van der Waals surface area contributed by atoms with Gasteiger partial charge in [-0.2, -0.15) is 0 Å². The summed E-state index contributed by atoms with van der Waals surface area (Å²) in [4.78, 5) is 1.05. The minimum Gasteiger partial charge on any atom is -0.143 e. The molecule has 0 aliphatic carbocycles. The Bertz CT molecular complexity index is 326. The second kappa shape index (κ2) is 6.73. The van der Waals surface area contributed by atoms with Crippen molar-refractivity contribution >= 4 is 18.2 Å². The Hall–Kier alpha value is -0.690. The van der Waals surface area contributed by atoms with Crippen LogP contribution in [0.4, 0.5) is 0 Å². The fraction of sp³-hybridized carbons (Fsp3) is 0.429. The molecule has 0 spiro atoms. The van der Waals surface area contributed by atoms with Gasteiger partial charge in [-0.05, 0) is 36.1 Å². The Labute approximate surface area is 98.8 Å². The van der Waals surface area contributed by atoms with Crippen molar-refractivity contribution in [3.05, 3.63) is 35.9 Å². The SMILES string of the molecule is CCC/C=C(/CCC)c1cccc(S)c1. The molecule has 0 aliphatic heterocycles. The molecular weight excluding hydrogens is 200 g/mol. The molecule has 0 atom stereocenters.